The van der Waals surface area contributed by atoms with Gasteiger partial charge in [0.05, 0.1) is 26.1 Å². The van der Waals surface area contributed by atoms with E-state index in [4.69, 9.17) is 9.47 Å². The summed E-state index contributed by atoms with van der Waals surface area (Å²) in [5.41, 5.74) is 0. The largest absolute Gasteiger partial charge is 0.464 e. The van der Waals surface area contributed by atoms with Crippen LogP contribution in [0.4, 0.5) is 0 Å². The third-order valence-electron chi connectivity index (χ3n) is 1.64. The molecule has 0 aromatic heterocycles. The molecular formula is C13H18O7S. The van der Waals surface area contributed by atoms with Crippen LogP contribution in [0.2, 0.25) is 0 Å². The summed E-state index contributed by atoms with van der Waals surface area (Å²) in [5, 5.41) is 0. The van der Waals surface area contributed by atoms with Gasteiger partial charge in [-0.15, -0.1) is 0 Å². The first-order valence-corrected chi connectivity index (χ1v) is 7.88. The molecule has 0 bridgehead atoms. The molecule has 0 saturated heterocycles. The Hall–Kier alpha value is -1.58. The molecule has 0 fully saturated rings. The highest BCUT2D eigenvalue weighted by Crippen LogP contribution is 1.86. The highest BCUT2D eigenvalue weighted by atomic mass is 32.2. The maximum Gasteiger partial charge on any atom is 0.332 e. The molecule has 7 nitrogen and oxygen atoms in total. The van der Waals surface area contributed by atoms with Crippen LogP contribution in [0.15, 0.2) is 0 Å². The summed E-state index contributed by atoms with van der Waals surface area (Å²) >= 11 is 0. The fourth-order valence-electron chi connectivity index (χ4n) is 0.916. The van der Waals surface area contributed by atoms with Gasteiger partial charge in [0, 0.05) is 0 Å². The van der Waals surface area contributed by atoms with E-state index in [0.717, 1.165) is 6.26 Å². The van der Waals surface area contributed by atoms with E-state index in [1.165, 1.54) is 0 Å². The lowest BCUT2D eigenvalue weighted by molar-refractivity contribution is -0.147. The summed E-state index contributed by atoms with van der Waals surface area (Å²) in [6.07, 6.45) is 0.965. The predicted octanol–water partition coefficient (Wildman–Crippen LogP) is -0.434. The first-order valence-electron chi connectivity index (χ1n) is 6.07. The summed E-state index contributed by atoms with van der Waals surface area (Å²) in [7, 11) is -3.43. The monoisotopic (exact) mass is 318 g/mol. The first-order chi connectivity index (χ1) is 9.95. The summed E-state index contributed by atoms with van der Waals surface area (Å²) in [6, 6.07) is 0. The quantitative estimate of drug-likeness (QED) is 0.246. The Balaban J connectivity index is 3.54. The van der Waals surface area contributed by atoms with Crippen molar-refractivity contribution in [2.45, 2.75) is 6.92 Å². The molecule has 0 heterocycles. The average molecular weight is 318 g/mol. The molecule has 0 unspecified atom stereocenters. The first kappa shape index (κ1) is 19.4. The Bertz CT molecular complexity index is 516. The summed E-state index contributed by atoms with van der Waals surface area (Å²) in [6.45, 7) is 2.16. The van der Waals surface area contributed by atoms with Gasteiger partial charge in [0.1, 0.15) is 19.8 Å². The van der Waals surface area contributed by atoms with E-state index in [2.05, 4.69) is 32.6 Å². The van der Waals surface area contributed by atoms with Crippen molar-refractivity contribution in [1.82, 2.24) is 0 Å². The maximum absolute atomic E-state index is 10.9. The second kappa shape index (κ2) is 12.2. The average Bonchev–Trinajstić information content (AvgIpc) is 2.39. The Morgan fingerprint density at radius 1 is 1.05 bits per heavy atom. The van der Waals surface area contributed by atoms with Gasteiger partial charge in [-0.3, -0.25) is 4.18 Å². The van der Waals surface area contributed by atoms with Gasteiger partial charge in [-0.05, 0) is 18.8 Å². The second-order valence-corrected chi connectivity index (χ2v) is 5.12. The van der Waals surface area contributed by atoms with E-state index in [-0.39, 0.29) is 33.0 Å². The zero-order valence-corrected chi connectivity index (χ0v) is 12.8. The number of esters is 1. The van der Waals surface area contributed by atoms with Crippen molar-refractivity contribution in [2.24, 2.45) is 0 Å². The van der Waals surface area contributed by atoms with E-state index < -0.39 is 16.1 Å². The van der Waals surface area contributed by atoms with E-state index in [1.54, 1.807) is 6.92 Å². The normalized spacial score (nSPS) is 10.0. The van der Waals surface area contributed by atoms with Crippen LogP contribution in [0, 0.1) is 23.7 Å². The molecule has 0 saturated carbocycles. The molecule has 0 aliphatic carbocycles. The molecule has 8 heteroatoms. The summed E-state index contributed by atoms with van der Waals surface area (Å²) < 4.78 is 40.2. The van der Waals surface area contributed by atoms with Gasteiger partial charge in [-0.2, -0.15) is 8.42 Å². The van der Waals surface area contributed by atoms with Crippen molar-refractivity contribution in [2.75, 3.05) is 45.9 Å². The standard InChI is InChI=1S/C13H18O7S/c1-3-19-13(14)12-18-9-7-5-4-6-8-17-10-11-20-21(2,15)16/h3,8-12H2,1-2H3. The number of hydrogen-bond donors (Lipinski definition) is 0. The molecule has 0 N–H and O–H groups in total. The van der Waals surface area contributed by atoms with Gasteiger partial charge in [0.25, 0.3) is 10.1 Å². The Morgan fingerprint density at radius 3 is 2.24 bits per heavy atom. The summed E-state index contributed by atoms with van der Waals surface area (Å²) in [4.78, 5) is 10.9. The minimum Gasteiger partial charge on any atom is -0.464 e. The van der Waals surface area contributed by atoms with Gasteiger partial charge >= 0.3 is 5.97 Å². The van der Waals surface area contributed by atoms with Crippen LogP contribution < -0.4 is 0 Å². The molecule has 21 heavy (non-hydrogen) atoms. The topological polar surface area (TPSA) is 88.1 Å². The van der Waals surface area contributed by atoms with E-state index in [9.17, 15) is 13.2 Å². The van der Waals surface area contributed by atoms with Gasteiger partial charge in [-0.25, -0.2) is 4.79 Å². The lowest BCUT2D eigenvalue weighted by Crippen LogP contribution is -2.12. The van der Waals surface area contributed by atoms with Gasteiger partial charge in [-0.1, -0.05) is 11.8 Å². The van der Waals surface area contributed by atoms with Crippen LogP contribution in [0.25, 0.3) is 0 Å². The third-order valence-corrected chi connectivity index (χ3v) is 2.23. The number of rotatable bonds is 9. The van der Waals surface area contributed by atoms with Gasteiger partial charge < -0.3 is 14.2 Å². The van der Waals surface area contributed by atoms with E-state index in [0.29, 0.717) is 6.61 Å². The lowest BCUT2D eigenvalue weighted by Gasteiger charge is -1.99. The molecule has 0 spiro atoms. The van der Waals surface area contributed by atoms with Crippen LogP contribution in [0.1, 0.15) is 6.92 Å². The third kappa shape index (κ3) is 16.4. The van der Waals surface area contributed by atoms with Crippen molar-refractivity contribution in [3.63, 3.8) is 0 Å². The number of hydrogen-bond acceptors (Lipinski definition) is 7. The molecule has 0 aromatic rings. The van der Waals surface area contributed by atoms with Crippen LogP contribution in [-0.2, 0) is 33.3 Å². The van der Waals surface area contributed by atoms with Crippen molar-refractivity contribution >= 4 is 16.1 Å². The Labute approximate surface area is 125 Å². The van der Waals surface area contributed by atoms with Crippen molar-refractivity contribution in [1.29, 1.82) is 0 Å². The Morgan fingerprint density at radius 2 is 1.67 bits per heavy atom. The van der Waals surface area contributed by atoms with Crippen LogP contribution in [-0.4, -0.2) is 60.3 Å². The van der Waals surface area contributed by atoms with Crippen LogP contribution >= 0.6 is 0 Å². The van der Waals surface area contributed by atoms with E-state index in [1.807, 2.05) is 0 Å². The highest BCUT2D eigenvalue weighted by molar-refractivity contribution is 7.85. The van der Waals surface area contributed by atoms with Crippen molar-refractivity contribution in [3.8, 4) is 23.7 Å². The molecule has 0 radical (unpaired) electrons. The van der Waals surface area contributed by atoms with Crippen molar-refractivity contribution < 1.29 is 31.6 Å². The minimum atomic E-state index is -3.43. The molecule has 118 valence electrons. The summed E-state index contributed by atoms with van der Waals surface area (Å²) in [5.74, 6) is 9.79. The van der Waals surface area contributed by atoms with Crippen LogP contribution in [0.5, 0.6) is 0 Å². The molecule has 0 amide bonds. The molecule has 0 aliphatic rings. The Kier molecular flexibility index (Phi) is 11.3. The number of carbonyl (C=O) groups is 1. The number of ether oxygens (including phenoxy) is 3. The molecule has 0 atom stereocenters. The number of carbonyl (C=O) groups excluding carboxylic acids is 1. The molecule has 0 rings (SSSR count). The highest BCUT2D eigenvalue weighted by Gasteiger charge is 1.99. The lowest BCUT2D eigenvalue weighted by atomic mass is 10.5. The van der Waals surface area contributed by atoms with Crippen molar-refractivity contribution in [3.05, 3.63) is 0 Å². The maximum atomic E-state index is 10.9. The zero-order valence-electron chi connectivity index (χ0n) is 12.0. The van der Waals surface area contributed by atoms with E-state index >= 15 is 0 Å². The SMILES string of the molecule is CCOC(=O)COCC#CC#CCOCCOS(C)(=O)=O. The predicted molar refractivity (Wildman–Crippen MR) is 74.6 cm³/mol. The smallest absolute Gasteiger partial charge is 0.332 e. The minimum absolute atomic E-state index is 0.0477. The van der Waals surface area contributed by atoms with Gasteiger partial charge in [0.15, 0.2) is 0 Å². The molecule has 0 aromatic carbocycles. The molecular weight excluding hydrogens is 300 g/mol. The zero-order chi connectivity index (χ0) is 16.0. The second-order valence-electron chi connectivity index (χ2n) is 3.48. The fraction of sp³-hybridized carbons (Fsp3) is 0.615. The van der Waals surface area contributed by atoms with Crippen LogP contribution in [0.3, 0.4) is 0 Å². The fourth-order valence-corrected chi connectivity index (χ4v) is 1.29. The molecule has 0 aliphatic heterocycles. The van der Waals surface area contributed by atoms with Gasteiger partial charge in [0.2, 0.25) is 0 Å².